The van der Waals surface area contributed by atoms with Gasteiger partial charge in [0.25, 0.3) is 5.91 Å². The zero-order valence-corrected chi connectivity index (χ0v) is 10.9. The molecule has 96 valence electrons. The van der Waals surface area contributed by atoms with Crippen LogP contribution in [-0.2, 0) is 0 Å². The summed E-state index contributed by atoms with van der Waals surface area (Å²) in [5.74, 6) is 0.198. The highest BCUT2D eigenvalue weighted by atomic mass is 16.2. The van der Waals surface area contributed by atoms with Crippen LogP contribution in [0.1, 0.15) is 28.8 Å². The van der Waals surface area contributed by atoms with E-state index < -0.39 is 0 Å². The lowest BCUT2D eigenvalue weighted by atomic mass is 9.73. The molecule has 2 aliphatic heterocycles. The van der Waals surface area contributed by atoms with E-state index in [0.29, 0.717) is 5.41 Å². The summed E-state index contributed by atoms with van der Waals surface area (Å²) in [6, 6.07) is 7.86. The molecule has 3 rings (SSSR count). The van der Waals surface area contributed by atoms with Gasteiger partial charge < -0.3 is 10.2 Å². The van der Waals surface area contributed by atoms with Gasteiger partial charge in [0.05, 0.1) is 0 Å². The van der Waals surface area contributed by atoms with Gasteiger partial charge in [-0.15, -0.1) is 0 Å². The molecule has 0 atom stereocenters. The number of nitrogens with one attached hydrogen (secondary N) is 1. The molecule has 2 saturated heterocycles. The molecule has 0 aromatic heterocycles. The highest BCUT2D eigenvalue weighted by molar-refractivity contribution is 5.96. The van der Waals surface area contributed by atoms with Gasteiger partial charge in [-0.3, -0.25) is 4.79 Å². The molecule has 2 fully saturated rings. The third-order valence-corrected chi connectivity index (χ3v) is 4.28. The van der Waals surface area contributed by atoms with Gasteiger partial charge in [-0.1, -0.05) is 18.2 Å². The fourth-order valence-corrected chi connectivity index (χ4v) is 3.19. The molecular formula is C15H20N2O. The smallest absolute Gasteiger partial charge is 0.254 e. The lowest BCUT2D eigenvalue weighted by molar-refractivity contribution is -0.00727. The lowest BCUT2D eigenvalue weighted by Crippen LogP contribution is -2.63. The molecule has 0 unspecified atom stereocenters. The van der Waals surface area contributed by atoms with Crippen LogP contribution in [0.3, 0.4) is 0 Å². The molecule has 1 N–H and O–H groups in total. The average Bonchev–Trinajstić information content (AvgIpc) is 2.37. The maximum atomic E-state index is 12.4. The van der Waals surface area contributed by atoms with E-state index in [1.807, 2.05) is 36.1 Å². The first kappa shape index (κ1) is 11.7. The Hall–Kier alpha value is -1.35. The Balaban J connectivity index is 1.68. The maximum absolute atomic E-state index is 12.4. The van der Waals surface area contributed by atoms with E-state index >= 15 is 0 Å². The summed E-state index contributed by atoms with van der Waals surface area (Å²) in [4.78, 5) is 14.4. The van der Waals surface area contributed by atoms with Crippen molar-refractivity contribution in [3.8, 4) is 0 Å². The number of rotatable bonds is 1. The van der Waals surface area contributed by atoms with E-state index in [9.17, 15) is 4.79 Å². The van der Waals surface area contributed by atoms with E-state index in [4.69, 9.17) is 0 Å². The Bertz CT molecular complexity index is 455. The Morgan fingerprint density at radius 1 is 1.33 bits per heavy atom. The van der Waals surface area contributed by atoms with Crippen LogP contribution in [0.4, 0.5) is 0 Å². The van der Waals surface area contributed by atoms with E-state index in [1.165, 1.54) is 12.8 Å². The van der Waals surface area contributed by atoms with Crippen molar-refractivity contribution in [2.24, 2.45) is 5.41 Å². The maximum Gasteiger partial charge on any atom is 0.254 e. The molecular weight excluding hydrogens is 224 g/mol. The number of amides is 1. The van der Waals surface area contributed by atoms with Crippen LogP contribution in [-0.4, -0.2) is 37.0 Å². The second kappa shape index (κ2) is 4.39. The third kappa shape index (κ3) is 1.93. The molecule has 0 saturated carbocycles. The molecule has 2 aliphatic rings. The van der Waals surface area contributed by atoms with Crippen molar-refractivity contribution < 1.29 is 4.79 Å². The highest BCUT2D eigenvalue weighted by Crippen LogP contribution is 2.37. The van der Waals surface area contributed by atoms with Gasteiger partial charge in [0.2, 0.25) is 0 Å². The van der Waals surface area contributed by atoms with Crippen molar-refractivity contribution in [1.82, 2.24) is 10.2 Å². The van der Waals surface area contributed by atoms with Crippen molar-refractivity contribution in [1.29, 1.82) is 0 Å². The van der Waals surface area contributed by atoms with Crippen LogP contribution < -0.4 is 5.32 Å². The fourth-order valence-electron chi connectivity index (χ4n) is 3.19. The van der Waals surface area contributed by atoms with E-state index in [0.717, 1.165) is 37.3 Å². The second-order valence-electron chi connectivity index (χ2n) is 5.76. The predicted molar refractivity (Wildman–Crippen MR) is 71.6 cm³/mol. The van der Waals surface area contributed by atoms with Crippen molar-refractivity contribution in [3.05, 3.63) is 35.4 Å². The average molecular weight is 244 g/mol. The monoisotopic (exact) mass is 244 g/mol. The predicted octanol–water partition coefficient (Wildman–Crippen LogP) is 1.82. The number of hydrogen-bond donors (Lipinski definition) is 1. The molecule has 0 bridgehead atoms. The summed E-state index contributed by atoms with van der Waals surface area (Å²) in [5, 5.41) is 3.45. The zero-order valence-electron chi connectivity index (χ0n) is 10.9. The topological polar surface area (TPSA) is 32.3 Å². The van der Waals surface area contributed by atoms with Gasteiger partial charge in [-0.2, -0.15) is 0 Å². The fraction of sp³-hybridized carbons (Fsp3) is 0.533. The number of carbonyl (C=O) groups excluding carboxylic acids is 1. The summed E-state index contributed by atoms with van der Waals surface area (Å²) in [6.45, 7) is 6.06. The van der Waals surface area contributed by atoms with Crippen molar-refractivity contribution in [2.45, 2.75) is 19.8 Å². The molecule has 3 heteroatoms. The minimum atomic E-state index is 0.198. The molecule has 1 aromatic carbocycles. The first-order valence-electron chi connectivity index (χ1n) is 6.76. The summed E-state index contributed by atoms with van der Waals surface area (Å²) >= 11 is 0. The lowest BCUT2D eigenvalue weighted by Gasteiger charge is -2.52. The van der Waals surface area contributed by atoms with Gasteiger partial charge in [0.15, 0.2) is 0 Å². The first-order valence-corrected chi connectivity index (χ1v) is 6.76. The SMILES string of the molecule is Cc1ccccc1C(=O)N1CC2(CCCNC2)C1. The van der Waals surface area contributed by atoms with Gasteiger partial charge in [-0.25, -0.2) is 0 Å². The summed E-state index contributed by atoms with van der Waals surface area (Å²) < 4.78 is 0. The molecule has 18 heavy (non-hydrogen) atoms. The van der Waals surface area contributed by atoms with Gasteiger partial charge in [-0.05, 0) is 37.9 Å². The Morgan fingerprint density at radius 2 is 2.11 bits per heavy atom. The van der Waals surface area contributed by atoms with Gasteiger partial charge >= 0.3 is 0 Å². The first-order chi connectivity index (χ1) is 8.70. The third-order valence-electron chi connectivity index (χ3n) is 4.28. The van der Waals surface area contributed by atoms with Crippen molar-refractivity contribution in [3.63, 3.8) is 0 Å². The number of aryl methyl sites for hydroxylation is 1. The molecule has 0 radical (unpaired) electrons. The molecule has 1 amide bonds. The number of nitrogens with zero attached hydrogens (tertiary/aromatic N) is 1. The number of likely N-dealkylation sites (tertiary alicyclic amines) is 1. The molecule has 0 aliphatic carbocycles. The Labute approximate surface area is 108 Å². The minimum absolute atomic E-state index is 0.198. The number of carbonyl (C=O) groups is 1. The Morgan fingerprint density at radius 3 is 2.78 bits per heavy atom. The molecule has 1 aromatic rings. The Kier molecular flexibility index (Phi) is 2.86. The quantitative estimate of drug-likeness (QED) is 0.817. The van der Waals surface area contributed by atoms with E-state index in [2.05, 4.69) is 5.32 Å². The molecule has 2 heterocycles. The van der Waals surface area contributed by atoms with E-state index in [1.54, 1.807) is 0 Å². The summed E-state index contributed by atoms with van der Waals surface area (Å²) in [5.41, 5.74) is 2.30. The normalized spacial score (nSPS) is 21.7. The summed E-state index contributed by atoms with van der Waals surface area (Å²) in [6.07, 6.45) is 2.50. The molecule has 1 spiro atoms. The van der Waals surface area contributed by atoms with Crippen LogP contribution in [0.15, 0.2) is 24.3 Å². The van der Waals surface area contributed by atoms with Crippen molar-refractivity contribution in [2.75, 3.05) is 26.2 Å². The van der Waals surface area contributed by atoms with Crippen LogP contribution in [0.2, 0.25) is 0 Å². The second-order valence-corrected chi connectivity index (χ2v) is 5.76. The molecule has 3 nitrogen and oxygen atoms in total. The highest BCUT2D eigenvalue weighted by Gasteiger charge is 2.45. The standard InChI is InChI=1S/C15H20N2O/c1-12-5-2-3-6-13(12)14(18)17-10-15(11-17)7-4-8-16-9-15/h2-3,5-6,16H,4,7-11H2,1H3. The van der Waals surface area contributed by atoms with Gasteiger partial charge in [0.1, 0.15) is 0 Å². The number of piperidine rings is 1. The summed E-state index contributed by atoms with van der Waals surface area (Å²) in [7, 11) is 0. The number of benzene rings is 1. The van der Waals surface area contributed by atoms with Crippen LogP contribution in [0.5, 0.6) is 0 Å². The van der Waals surface area contributed by atoms with Crippen LogP contribution in [0.25, 0.3) is 0 Å². The van der Waals surface area contributed by atoms with Crippen LogP contribution >= 0.6 is 0 Å². The van der Waals surface area contributed by atoms with Crippen molar-refractivity contribution >= 4 is 5.91 Å². The largest absolute Gasteiger partial charge is 0.337 e. The van der Waals surface area contributed by atoms with Crippen LogP contribution in [0, 0.1) is 12.3 Å². The van der Waals surface area contributed by atoms with E-state index in [-0.39, 0.29) is 5.91 Å². The zero-order chi connectivity index (χ0) is 12.6. The number of hydrogen-bond acceptors (Lipinski definition) is 2. The minimum Gasteiger partial charge on any atom is -0.337 e. The van der Waals surface area contributed by atoms with Gasteiger partial charge in [0, 0.05) is 30.6 Å².